The van der Waals surface area contributed by atoms with E-state index in [1.54, 1.807) is 30.3 Å². The summed E-state index contributed by atoms with van der Waals surface area (Å²) in [6, 6.07) is 10.5. The van der Waals surface area contributed by atoms with E-state index in [0.29, 0.717) is 16.3 Å². The average Bonchev–Trinajstić information content (AvgIpc) is 2.46. The van der Waals surface area contributed by atoms with Crippen LogP contribution in [0.3, 0.4) is 0 Å². The standard InChI is InChI=1S/C16H15ClFNO3/c17-13-5-2-6-14(18)12(13)9-22-11-4-1-3-10(7-11)15(19)8-16(20)21/h1-7,15H,8-9,19H2,(H,20,21). The number of benzene rings is 2. The number of carboxylic acid groups (broad SMARTS) is 1. The van der Waals surface area contributed by atoms with Crippen LogP contribution in [-0.2, 0) is 11.4 Å². The van der Waals surface area contributed by atoms with Crippen LogP contribution in [0.25, 0.3) is 0 Å². The number of hydrogen-bond donors (Lipinski definition) is 2. The predicted octanol–water partition coefficient (Wildman–Crippen LogP) is 3.53. The van der Waals surface area contributed by atoms with Gasteiger partial charge in [-0.25, -0.2) is 4.39 Å². The molecule has 1 unspecified atom stereocenters. The summed E-state index contributed by atoms with van der Waals surface area (Å²) in [7, 11) is 0. The fraction of sp³-hybridized carbons (Fsp3) is 0.188. The van der Waals surface area contributed by atoms with Crippen LogP contribution in [0.2, 0.25) is 5.02 Å². The zero-order valence-electron chi connectivity index (χ0n) is 11.6. The maximum atomic E-state index is 13.7. The van der Waals surface area contributed by atoms with E-state index in [-0.39, 0.29) is 18.6 Å². The lowest BCUT2D eigenvalue weighted by molar-refractivity contribution is -0.137. The molecule has 0 spiro atoms. The van der Waals surface area contributed by atoms with Gasteiger partial charge in [-0.3, -0.25) is 4.79 Å². The zero-order valence-corrected chi connectivity index (χ0v) is 12.4. The summed E-state index contributed by atoms with van der Waals surface area (Å²) in [6.07, 6.45) is -0.178. The van der Waals surface area contributed by atoms with Gasteiger partial charge in [-0.15, -0.1) is 0 Å². The largest absolute Gasteiger partial charge is 0.489 e. The van der Waals surface area contributed by atoms with Crippen molar-refractivity contribution in [2.24, 2.45) is 5.73 Å². The first-order valence-electron chi connectivity index (χ1n) is 6.60. The fourth-order valence-corrected chi connectivity index (χ4v) is 2.18. The Bertz CT molecular complexity index is 658. The van der Waals surface area contributed by atoms with Crippen LogP contribution in [-0.4, -0.2) is 11.1 Å². The van der Waals surface area contributed by atoms with Gasteiger partial charge in [0.15, 0.2) is 0 Å². The third-order valence-corrected chi connectivity index (χ3v) is 3.48. The van der Waals surface area contributed by atoms with Crippen molar-refractivity contribution >= 4 is 17.6 Å². The molecule has 6 heteroatoms. The third-order valence-electron chi connectivity index (χ3n) is 3.13. The van der Waals surface area contributed by atoms with Gasteiger partial charge >= 0.3 is 5.97 Å². The molecule has 0 bridgehead atoms. The molecule has 0 aromatic heterocycles. The van der Waals surface area contributed by atoms with E-state index in [1.165, 1.54) is 12.1 Å². The first kappa shape index (κ1) is 16.3. The van der Waals surface area contributed by atoms with Crippen LogP contribution in [0.15, 0.2) is 42.5 Å². The van der Waals surface area contributed by atoms with Crippen molar-refractivity contribution < 1.29 is 19.0 Å². The quantitative estimate of drug-likeness (QED) is 0.853. The molecule has 3 N–H and O–H groups in total. The number of ether oxygens (including phenoxy) is 1. The van der Waals surface area contributed by atoms with Crippen molar-refractivity contribution in [3.8, 4) is 5.75 Å². The number of hydrogen-bond acceptors (Lipinski definition) is 3. The molecule has 2 aromatic carbocycles. The van der Waals surface area contributed by atoms with Crippen LogP contribution in [0.5, 0.6) is 5.75 Å². The topological polar surface area (TPSA) is 72.6 Å². The van der Waals surface area contributed by atoms with E-state index in [9.17, 15) is 9.18 Å². The Morgan fingerprint density at radius 3 is 2.73 bits per heavy atom. The van der Waals surface area contributed by atoms with Crippen molar-refractivity contribution in [3.05, 3.63) is 64.4 Å². The van der Waals surface area contributed by atoms with Gasteiger partial charge in [0.2, 0.25) is 0 Å². The molecular weight excluding hydrogens is 309 g/mol. The number of carboxylic acids is 1. The van der Waals surface area contributed by atoms with Gasteiger partial charge in [0.1, 0.15) is 18.2 Å². The van der Waals surface area contributed by atoms with E-state index in [4.69, 9.17) is 27.2 Å². The second-order valence-corrected chi connectivity index (χ2v) is 5.17. The van der Waals surface area contributed by atoms with Crippen LogP contribution >= 0.6 is 11.6 Å². The number of nitrogens with two attached hydrogens (primary N) is 1. The second kappa shape index (κ2) is 7.24. The molecule has 4 nitrogen and oxygen atoms in total. The summed E-state index contributed by atoms with van der Waals surface area (Å²) < 4.78 is 19.2. The van der Waals surface area contributed by atoms with Gasteiger partial charge in [-0.2, -0.15) is 0 Å². The van der Waals surface area contributed by atoms with Crippen molar-refractivity contribution in [1.82, 2.24) is 0 Å². The maximum absolute atomic E-state index is 13.7. The van der Waals surface area contributed by atoms with Crippen molar-refractivity contribution in [3.63, 3.8) is 0 Å². The molecule has 2 rings (SSSR count). The highest BCUT2D eigenvalue weighted by Crippen LogP contribution is 2.24. The molecule has 0 aliphatic rings. The van der Waals surface area contributed by atoms with E-state index in [1.807, 2.05) is 0 Å². The van der Waals surface area contributed by atoms with Crippen molar-refractivity contribution in [2.75, 3.05) is 0 Å². The number of halogens is 2. The van der Waals surface area contributed by atoms with E-state index in [0.717, 1.165) is 0 Å². The van der Waals surface area contributed by atoms with Crippen LogP contribution in [0.1, 0.15) is 23.6 Å². The lowest BCUT2D eigenvalue weighted by Crippen LogP contribution is -2.15. The molecule has 22 heavy (non-hydrogen) atoms. The first-order chi connectivity index (χ1) is 10.5. The highest BCUT2D eigenvalue weighted by molar-refractivity contribution is 6.31. The molecular formula is C16H15ClFNO3. The van der Waals surface area contributed by atoms with Gasteiger partial charge in [-0.05, 0) is 29.8 Å². The molecule has 0 saturated carbocycles. The van der Waals surface area contributed by atoms with Gasteiger partial charge in [0, 0.05) is 11.6 Å². The lowest BCUT2D eigenvalue weighted by Gasteiger charge is -2.13. The molecule has 0 aliphatic carbocycles. The van der Waals surface area contributed by atoms with Crippen molar-refractivity contribution in [1.29, 1.82) is 0 Å². The summed E-state index contributed by atoms with van der Waals surface area (Å²) in [5.41, 5.74) is 6.71. The van der Waals surface area contributed by atoms with Crippen molar-refractivity contribution in [2.45, 2.75) is 19.1 Å². The van der Waals surface area contributed by atoms with Gasteiger partial charge < -0.3 is 15.6 Å². The minimum Gasteiger partial charge on any atom is -0.489 e. The fourth-order valence-electron chi connectivity index (χ4n) is 1.97. The van der Waals surface area contributed by atoms with Crippen LogP contribution < -0.4 is 10.5 Å². The molecule has 0 radical (unpaired) electrons. The summed E-state index contributed by atoms with van der Waals surface area (Å²) in [4.78, 5) is 10.7. The summed E-state index contributed by atoms with van der Waals surface area (Å²) in [5.74, 6) is -0.944. The van der Waals surface area contributed by atoms with Crippen LogP contribution in [0.4, 0.5) is 4.39 Å². The van der Waals surface area contributed by atoms with Gasteiger partial charge in [-0.1, -0.05) is 29.8 Å². The smallest absolute Gasteiger partial charge is 0.305 e. The second-order valence-electron chi connectivity index (χ2n) is 4.77. The monoisotopic (exact) mass is 323 g/mol. The number of aliphatic carboxylic acids is 1. The average molecular weight is 324 g/mol. The highest BCUT2D eigenvalue weighted by Gasteiger charge is 2.12. The Labute approximate surface area is 132 Å². The molecule has 116 valence electrons. The Morgan fingerprint density at radius 1 is 1.32 bits per heavy atom. The molecule has 0 amide bonds. The minimum atomic E-state index is -0.975. The third kappa shape index (κ3) is 4.19. The predicted molar refractivity (Wildman–Crippen MR) is 81.4 cm³/mol. The number of carbonyl (C=O) groups is 1. The number of rotatable bonds is 6. The van der Waals surface area contributed by atoms with Gasteiger partial charge in [0.05, 0.1) is 11.4 Å². The highest BCUT2D eigenvalue weighted by atomic mass is 35.5. The molecule has 1 atom stereocenters. The summed E-state index contributed by atoms with van der Waals surface area (Å²) in [5, 5.41) is 9.05. The molecule has 2 aromatic rings. The molecule has 0 saturated heterocycles. The Kier molecular flexibility index (Phi) is 5.35. The van der Waals surface area contributed by atoms with E-state index < -0.39 is 17.8 Å². The summed E-state index contributed by atoms with van der Waals surface area (Å²) >= 11 is 5.93. The normalized spacial score (nSPS) is 12.0. The SMILES string of the molecule is NC(CC(=O)O)c1cccc(OCc2c(F)cccc2Cl)c1. The van der Waals surface area contributed by atoms with Crippen LogP contribution in [0, 0.1) is 5.82 Å². The maximum Gasteiger partial charge on any atom is 0.305 e. The lowest BCUT2D eigenvalue weighted by atomic mass is 10.0. The molecule has 0 fully saturated rings. The van der Waals surface area contributed by atoms with E-state index >= 15 is 0 Å². The summed E-state index contributed by atoms with van der Waals surface area (Å²) in [6.45, 7) is -0.0247. The van der Waals surface area contributed by atoms with E-state index in [2.05, 4.69) is 0 Å². The minimum absolute atomic E-state index is 0.0247. The first-order valence-corrected chi connectivity index (χ1v) is 6.98. The Hall–Kier alpha value is -2.11. The molecule has 0 aliphatic heterocycles. The Morgan fingerprint density at radius 2 is 2.05 bits per heavy atom. The molecule has 0 heterocycles. The zero-order chi connectivity index (χ0) is 16.1. The van der Waals surface area contributed by atoms with Gasteiger partial charge in [0.25, 0.3) is 0 Å². The Balaban J connectivity index is 2.09.